The van der Waals surface area contributed by atoms with Crippen LogP contribution < -0.4 is 10.6 Å². The van der Waals surface area contributed by atoms with Gasteiger partial charge in [0, 0.05) is 18.3 Å². The van der Waals surface area contributed by atoms with Crippen LogP contribution in [0.1, 0.15) is 34.7 Å². The number of nitrogens with one attached hydrogen (secondary N) is 2. The SMILES string of the molecule is Cc1cc(C)n(-c2ccc(Cl)c(C(=O)NCC3CCCN3)n2)n1. The number of rotatable bonds is 4. The first-order chi connectivity index (χ1) is 11.0. The molecule has 0 aromatic carbocycles. The molecule has 1 saturated heterocycles. The van der Waals surface area contributed by atoms with Gasteiger partial charge in [-0.2, -0.15) is 5.10 Å². The van der Waals surface area contributed by atoms with Crippen molar-refractivity contribution in [2.75, 3.05) is 13.1 Å². The van der Waals surface area contributed by atoms with E-state index in [1.165, 1.54) is 0 Å². The molecule has 0 aliphatic carbocycles. The lowest BCUT2D eigenvalue weighted by molar-refractivity contribution is 0.0945. The molecular formula is C16H20ClN5O. The summed E-state index contributed by atoms with van der Waals surface area (Å²) in [5.74, 6) is 0.330. The fourth-order valence-corrected chi connectivity index (χ4v) is 2.99. The van der Waals surface area contributed by atoms with Gasteiger partial charge in [-0.05, 0) is 51.4 Å². The molecule has 0 spiro atoms. The van der Waals surface area contributed by atoms with Crippen molar-refractivity contribution >= 4 is 17.5 Å². The van der Waals surface area contributed by atoms with Crippen LogP contribution in [0.4, 0.5) is 0 Å². The first-order valence-electron chi connectivity index (χ1n) is 7.76. The number of pyridine rings is 1. The van der Waals surface area contributed by atoms with Crippen molar-refractivity contribution in [2.45, 2.75) is 32.7 Å². The van der Waals surface area contributed by atoms with Gasteiger partial charge in [-0.3, -0.25) is 4.79 Å². The van der Waals surface area contributed by atoms with Crippen LogP contribution in [0, 0.1) is 13.8 Å². The summed E-state index contributed by atoms with van der Waals surface area (Å²) in [6.07, 6.45) is 2.22. The molecule has 1 fully saturated rings. The zero-order valence-electron chi connectivity index (χ0n) is 13.3. The van der Waals surface area contributed by atoms with Gasteiger partial charge in [0.2, 0.25) is 0 Å². The third kappa shape index (κ3) is 3.54. The predicted molar refractivity (Wildman–Crippen MR) is 89.2 cm³/mol. The van der Waals surface area contributed by atoms with E-state index in [9.17, 15) is 4.79 Å². The minimum Gasteiger partial charge on any atom is -0.349 e. The van der Waals surface area contributed by atoms with Crippen LogP contribution in [0.3, 0.4) is 0 Å². The molecule has 1 aliphatic heterocycles. The molecule has 3 heterocycles. The fourth-order valence-electron chi connectivity index (χ4n) is 2.80. The maximum atomic E-state index is 12.4. The maximum absolute atomic E-state index is 12.4. The van der Waals surface area contributed by atoms with Gasteiger partial charge in [-0.15, -0.1) is 0 Å². The number of carbonyl (C=O) groups excluding carboxylic acids is 1. The summed E-state index contributed by atoms with van der Waals surface area (Å²) >= 11 is 6.15. The van der Waals surface area contributed by atoms with E-state index in [0.29, 0.717) is 23.4 Å². The third-order valence-electron chi connectivity index (χ3n) is 3.94. The van der Waals surface area contributed by atoms with E-state index in [1.54, 1.807) is 16.8 Å². The van der Waals surface area contributed by atoms with E-state index >= 15 is 0 Å². The normalized spacial score (nSPS) is 17.4. The number of hydrogen-bond donors (Lipinski definition) is 2. The van der Waals surface area contributed by atoms with E-state index < -0.39 is 0 Å². The average Bonchev–Trinajstić information content (AvgIpc) is 3.15. The topological polar surface area (TPSA) is 71.8 Å². The second kappa shape index (κ2) is 6.68. The molecule has 0 bridgehead atoms. The molecule has 7 heteroatoms. The smallest absolute Gasteiger partial charge is 0.271 e. The van der Waals surface area contributed by atoms with Crippen molar-refractivity contribution in [2.24, 2.45) is 0 Å². The van der Waals surface area contributed by atoms with Gasteiger partial charge < -0.3 is 10.6 Å². The molecule has 2 aromatic heterocycles. The van der Waals surface area contributed by atoms with Gasteiger partial charge in [-0.1, -0.05) is 11.6 Å². The van der Waals surface area contributed by atoms with Crippen LogP contribution in [0.15, 0.2) is 18.2 Å². The van der Waals surface area contributed by atoms with Crippen molar-refractivity contribution < 1.29 is 4.79 Å². The summed E-state index contributed by atoms with van der Waals surface area (Å²) in [4.78, 5) is 16.8. The van der Waals surface area contributed by atoms with Crippen LogP contribution in [0.2, 0.25) is 5.02 Å². The van der Waals surface area contributed by atoms with Crippen molar-refractivity contribution in [3.63, 3.8) is 0 Å². The second-order valence-corrected chi connectivity index (χ2v) is 6.25. The number of carbonyl (C=O) groups is 1. The molecule has 1 amide bonds. The molecule has 1 unspecified atom stereocenters. The molecule has 122 valence electrons. The second-order valence-electron chi connectivity index (χ2n) is 5.84. The fraction of sp³-hybridized carbons (Fsp3) is 0.438. The van der Waals surface area contributed by atoms with E-state index in [1.807, 2.05) is 19.9 Å². The van der Waals surface area contributed by atoms with Crippen LogP contribution in [0.25, 0.3) is 5.82 Å². The third-order valence-corrected chi connectivity index (χ3v) is 4.25. The van der Waals surface area contributed by atoms with E-state index in [0.717, 1.165) is 30.8 Å². The standard InChI is InChI=1S/C16H20ClN5O/c1-10-8-11(2)22(21-10)14-6-5-13(17)15(20-14)16(23)19-9-12-4-3-7-18-12/h5-6,8,12,18H,3-4,7,9H2,1-2H3,(H,19,23). The summed E-state index contributed by atoms with van der Waals surface area (Å²) in [6.45, 7) is 5.46. The number of nitrogens with zero attached hydrogens (tertiary/aromatic N) is 3. The lowest BCUT2D eigenvalue weighted by Crippen LogP contribution is -2.37. The van der Waals surface area contributed by atoms with E-state index in [-0.39, 0.29) is 11.6 Å². The van der Waals surface area contributed by atoms with E-state index in [2.05, 4.69) is 20.7 Å². The highest BCUT2D eigenvalue weighted by Gasteiger charge is 2.18. The van der Waals surface area contributed by atoms with Gasteiger partial charge in [0.1, 0.15) is 5.69 Å². The Hall–Kier alpha value is -1.92. The minimum absolute atomic E-state index is 0.231. The Labute approximate surface area is 140 Å². The quantitative estimate of drug-likeness (QED) is 0.898. The molecule has 0 saturated carbocycles. The van der Waals surface area contributed by atoms with Crippen LogP contribution in [-0.4, -0.2) is 39.8 Å². The lowest BCUT2D eigenvalue weighted by atomic mass is 10.2. The Morgan fingerprint density at radius 2 is 2.30 bits per heavy atom. The summed E-state index contributed by atoms with van der Waals surface area (Å²) in [5.41, 5.74) is 2.09. The number of aryl methyl sites for hydroxylation is 2. The maximum Gasteiger partial charge on any atom is 0.271 e. The molecule has 2 aromatic rings. The van der Waals surface area contributed by atoms with Crippen LogP contribution in [0.5, 0.6) is 0 Å². The zero-order chi connectivity index (χ0) is 16.4. The molecular weight excluding hydrogens is 314 g/mol. The average molecular weight is 334 g/mol. The Morgan fingerprint density at radius 3 is 2.96 bits per heavy atom. The Kier molecular flexibility index (Phi) is 4.63. The Balaban J connectivity index is 1.79. The van der Waals surface area contributed by atoms with Crippen LogP contribution >= 0.6 is 11.6 Å². The molecule has 1 aliphatic rings. The zero-order valence-corrected chi connectivity index (χ0v) is 14.0. The molecule has 3 rings (SSSR count). The Morgan fingerprint density at radius 1 is 1.48 bits per heavy atom. The molecule has 23 heavy (non-hydrogen) atoms. The summed E-state index contributed by atoms with van der Waals surface area (Å²) in [7, 11) is 0. The predicted octanol–water partition coefficient (Wildman–Crippen LogP) is 2.02. The number of aromatic nitrogens is 3. The summed E-state index contributed by atoms with van der Waals surface area (Å²) < 4.78 is 1.71. The highest BCUT2D eigenvalue weighted by Crippen LogP contribution is 2.18. The van der Waals surface area contributed by atoms with E-state index in [4.69, 9.17) is 11.6 Å². The summed E-state index contributed by atoms with van der Waals surface area (Å²) in [5, 5.41) is 11.0. The molecule has 6 nitrogen and oxygen atoms in total. The molecule has 2 N–H and O–H groups in total. The molecule has 1 atom stereocenters. The lowest BCUT2D eigenvalue weighted by Gasteiger charge is -2.12. The van der Waals surface area contributed by atoms with Gasteiger partial charge >= 0.3 is 0 Å². The van der Waals surface area contributed by atoms with Gasteiger partial charge in [-0.25, -0.2) is 9.67 Å². The van der Waals surface area contributed by atoms with Gasteiger partial charge in [0.15, 0.2) is 5.82 Å². The van der Waals surface area contributed by atoms with Crippen molar-refractivity contribution in [3.05, 3.63) is 40.3 Å². The Bertz CT molecular complexity index is 721. The minimum atomic E-state index is -0.257. The number of halogens is 1. The highest BCUT2D eigenvalue weighted by atomic mass is 35.5. The first kappa shape index (κ1) is 16.0. The van der Waals surface area contributed by atoms with Crippen molar-refractivity contribution in [3.8, 4) is 5.82 Å². The molecule has 0 radical (unpaired) electrons. The first-order valence-corrected chi connectivity index (χ1v) is 8.14. The van der Waals surface area contributed by atoms with Crippen molar-refractivity contribution in [1.82, 2.24) is 25.4 Å². The number of hydrogen-bond acceptors (Lipinski definition) is 4. The van der Waals surface area contributed by atoms with Crippen molar-refractivity contribution in [1.29, 1.82) is 0 Å². The van der Waals surface area contributed by atoms with Crippen LogP contribution in [-0.2, 0) is 0 Å². The number of amides is 1. The van der Waals surface area contributed by atoms with Gasteiger partial charge in [0.05, 0.1) is 10.7 Å². The highest BCUT2D eigenvalue weighted by molar-refractivity contribution is 6.33. The largest absolute Gasteiger partial charge is 0.349 e. The monoisotopic (exact) mass is 333 g/mol. The summed E-state index contributed by atoms with van der Waals surface area (Å²) in [6, 6.07) is 5.74. The van der Waals surface area contributed by atoms with Gasteiger partial charge in [0.25, 0.3) is 5.91 Å².